The van der Waals surface area contributed by atoms with Crippen molar-refractivity contribution in [2.45, 2.75) is 24.6 Å². The first-order valence-corrected chi connectivity index (χ1v) is 6.71. The van der Waals surface area contributed by atoms with Gasteiger partial charge < -0.3 is 0 Å². The fraction of sp³-hybridized carbons (Fsp3) is 0.250. The molecule has 0 heterocycles. The summed E-state index contributed by atoms with van der Waals surface area (Å²) in [4.78, 5) is 0. The first-order chi connectivity index (χ1) is 9.13. The Morgan fingerprint density at radius 3 is 2.32 bits per heavy atom. The Hall–Kier alpha value is -1.41. The van der Waals surface area contributed by atoms with Crippen LogP contribution in [0.1, 0.15) is 35.8 Å². The monoisotopic (exact) mass is 280 g/mol. The van der Waals surface area contributed by atoms with Gasteiger partial charge in [-0.15, -0.1) is 11.6 Å². The van der Waals surface area contributed by atoms with Crippen molar-refractivity contribution in [3.05, 3.63) is 71.3 Å². The Kier molecular flexibility index (Phi) is 4.54. The van der Waals surface area contributed by atoms with Gasteiger partial charge in [-0.25, -0.2) is 8.78 Å². The summed E-state index contributed by atoms with van der Waals surface area (Å²) in [5, 5.41) is -0.506. The highest BCUT2D eigenvalue weighted by molar-refractivity contribution is 6.21. The lowest BCUT2D eigenvalue weighted by Gasteiger charge is -2.22. The van der Waals surface area contributed by atoms with Crippen LogP contribution in [0.25, 0.3) is 0 Å². The third-order valence-corrected chi connectivity index (χ3v) is 3.82. The molecule has 19 heavy (non-hydrogen) atoms. The van der Waals surface area contributed by atoms with Gasteiger partial charge >= 0.3 is 0 Å². The number of rotatable bonds is 4. The number of halogens is 3. The van der Waals surface area contributed by atoms with Crippen LogP contribution in [0.4, 0.5) is 8.78 Å². The molecule has 0 aliphatic carbocycles. The quantitative estimate of drug-likeness (QED) is 0.654. The molecule has 0 aliphatic heterocycles. The van der Waals surface area contributed by atoms with E-state index in [1.165, 1.54) is 12.1 Å². The molecule has 0 radical (unpaired) electrons. The summed E-state index contributed by atoms with van der Waals surface area (Å²) in [6.07, 6.45) is 0.787. The first kappa shape index (κ1) is 14.0. The molecular weight excluding hydrogens is 266 g/mol. The molecule has 100 valence electrons. The van der Waals surface area contributed by atoms with Crippen LogP contribution in [0, 0.1) is 11.6 Å². The van der Waals surface area contributed by atoms with Crippen molar-refractivity contribution in [2.75, 3.05) is 0 Å². The van der Waals surface area contributed by atoms with Crippen molar-refractivity contribution < 1.29 is 8.78 Å². The lowest BCUT2D eigenvalue weighted by atomic mass is 9.89. The summed E-state index contributed by atoms with van der Waals surface area (Å²) in [7, 11) is 0. The predicted molar refractivity (Wildman–Crippen MR) is 74.4 cm³/mol. The SMILES string of the molecule is CCC(c1ccccc1)C(Cl)c1ccc(F)cc1F. The maximum atomic E-state index is 13.8. The molecule has 0 N–H and O–H groups in total. The van der Waals surface area contributed by atoms with E-state index in [1.54, 1.807) is 0 Å². The zero-order valence-electron chi connectivity index (χ0n) is 10.6. The van der Waals surface area contributed by atoms with Gasteiger partial charge in [0.2, 0.25) is 0 Å². The second kappa shape index (κ2) is 6.16. The summed E-state index contributed by atoms with van der Waals surface area (Å²) in [5.74, 6) is -1.17. The second-order valence-corrected chi connectivity index (χ2v) is 4.96. The average molecular weight is 281 g/mol. The minimum absolute atomic E-state index is 0.00262. The minimum atomic E-state index is -0.589. The second-order valence-electron chi connectivity index (χ2n) is 4.49. The molecule has 0 saturated carbocycles. The van der Waals surface area contributed by atoms with Crippen LogP contribution in [-0.4, -0.2) is 0 Å². The molecule has 0 nitrogen and oxygen atoms in total. The topological polar surface area (TPSA) is 0 Å². The van der Waals surface area contributed by atoms with E-state index in [9.17, 15) is 8.78 Å². The fourth-order valence-electron chi connectivity index (χ4n) is 2.25. The van der Waals surface area contributed by atoms with E-state index in [0.29, 0.717) is 5.56 Å². The van der Waals surface area contributed by atoms with Gasteiger partial charge in [0, 0.05) is 17.5 Å². The van der Waals surface area contributed by atoms with Crippen LogP contribution in [0.15, 0.2) is 48.5 Å². The summed E-state index contributed by atoms with van der Waals surface area (Å²) >= 11 is 6.40. The normalized spacial score (nSPS) is 14.1. The Morgan fingerprint density at radius 2 is 1.74 bits per heavy atom. The third-order valence-electron chi connectivity index (χ3n) is 3.28. The molecule has 2 unspecified atom stereocenters. The Bertz CT molecular complexity index is 540. The van der Waals surface area contributed by atoms with Crippen molar-refractivity contribution in [3.63, 3.8) is 0 Å². The lowest BCUT2D eigenvalue weighted by molar-refractivity contribution is 0.551. The molecule has 0 aromatic heterocycles. The molecule has 0 aliphatic rings. The van der Waals surface area contributed by atoms with E-state index in [2.05, 4.69) is 0 Å². The minimum Gasteiger partial charge on any atom is -0.207 e. The molecule has 0 spiro atoms. The van der Waals surface area contributed by atoms with Gasteiger partial charge in [-0.1, -0.05) is 43.3 Å². The van der Waals surface area contributed by atoms with E-state index in [-0.39, 0.29) is 5.92 Å². The van der Waals surface area contributed by atoms with Gasteiger partial charge in [-0.05, 0) is 18.1 Å². The Morgan fingerprint density at radius 1 is 1.05 bits per heavy atom. The number of benzene rings is 2. The summed E-state index contributed by atoms with van der Waals surface area (Å²) in [5.41, 5.74) is 1.41. The van der Waals surface area contributed by atoms with Gasteiger partial charge in [0.25, 0.3) is 0 Å². The summed E-state index contributed by atoms with van der Waals surface area (Å²) < 4.78 is 26.7. The molecule has 2 aromatic carbocycles. The van der Waals surface area contributed by atoms with Crippen molar-refractivity contribution in [3.8, 4) is 0 Å². The largest absolute Gasteiger partial charge is 0.207 e. The maximum Gasteiger partial charge on any atom is 0.130 e. The van der Waals surface area contributed by atoms with Crippen molar-refractivity contribution in [1.82, 2.24) is 0 Å². The first-order valence-electron chi connectivity index (χ1n) is 6.27. The Labute approximate surface area is 117 Å². The van der Waals surface area contributed by atoms with E-state index >= 15 is 0 Å². The standard InChI is InChI=1S/C16H15ClF2/c1-2-13(11-6-4-3-5-7-11)16(17)14-9-8-12(18)10-15(14)19/h3-10,13,16H,2H2,1H3. The van der Waals surface area contributed by atoms with Crippen LogP contribution in [-0.2, 0) is 0 Å². The zero-order valence-corrected chi connectivity index (χ0v) is 11.4. The van der Waals surface area contributed by atoms with Crippen LogP contribution in [0.3, 0.4) is 0 Å². The number of hydrogen-bond donors (Lipinski definition) is 0. The molecule has 0 amide bonds. The van der Waals surface area contributed by atoms with Crippen LogP contribution in [0.2, 0.25) is 0 Å². The predicted octanol–water partition coefficient (Wildman–Crippen LogP) is 5.44. The fourth-order valence-corrected chi connectivity index (χ4v) is 2.75. The summed E-state index contributed by atoms with van der Waals surface area (Å²) in [6.45, 7) is 2.01. The van der Waals surface area contributed by atoms with Crippen LogP contribution >= 0.6 is 11.6 Å². The van der Waals surface area contributed by atoms with Gasteiger partial charge in [0.15, 0.2) is 0 Å². The molecule has 2 rings (SSSR count). The van der Waals surface area contributed by atoms with Gasteiger partial charge in [-0.3, -0.25) is 0 Å². The van der Waals surface area contributed by atoms with E-state index in [1.807, 2.05) is 37.3 Å². The Balaban J connectivity index is 2.33. The zero-order chi connectivity index (χ0) is 13.8. The highest BCUT2D eigenvalue weighted by atomic mass is 35.5. The van der Waals surface area contributed by atoms with Crippen molar-refractivity contribution in [2.24, 2.45) is 0 Å². The van der Waals surface area contributed by atoms with Gasteiger partial charge in [0.05, 0.1) is 5.38 Å². The molecule has 2 aromatic rings. The van der Waals surface area contributed by atoms with E-state index in [0.717, 1.165) is 18.1 Å². The van der Waals surface area contributed by atoms with Gasteiger partial charge in [0.1, 0.15) is 11.6 Å². The lowest BCUT2D eigenvalue weighted by Crippen LogP contribution is -2.07. The average Bonchev–Trinajstić information content (AvgIpc) is 2.40. The van der Waals surface area contributed by atoms with Crippen LogP contribution in [0.5, 0.6) is 0 Å². The molecule has 0 saturated heterocycles. The molecule has 2 atom stereocenters. The summed E-state index contributed by atoms with van der Waals surface area (Å²) in [6, 6.07) is 13.3. The number of alkyl halides is 1. The molecule has 0 fully saturated rings. The van der Waals surface area contributed by atoms with Crippen molar-refractivity contribution >= 4 is 11.6 Å². The van der Waals surface area contributed by atoms with Gasteiger partial charge in [-0.2, -0.15) is 0 Å². The highest BCUT2D eigenvalue weighted by Crippen LogP contribution is 2.39. The smallest absolute Gasteiger partial charge is 0.130 e. The third kappa shape index (κ3) is 3.13. The van der Waals surface area contributed by atoms with E-state index < -0.39 is 17.0 Å². The molecule has 0 bridgehead atoms. The highest BCUT2D eigenvalue weighted by Gasteiger charge is 2.23. The molecular formula is C16H15ClF2. The molecule has 3 heteroatoms. The van der Waals surface area contributed by atoms with E-state index in [4.69, 9.17) is 11.6 Å². The number of hydrogen-bond acceptors (Lipinski definition) is 0. The van der Waals surface area contributed by atoms with Crippen molar-refractivity contribution in [1.29, 1.82) is 0 Å². The van der Waals surface area contributed by atoms with Crippen LogP contribution < -0.4 is 0 Å². The maximum absolute atomic E-state index is 13.8.